The summed E-state index contributed by atoms with van der Waals surface area (Å²) in [5, 5.41) is 3.16. The van der Waals surface area contributed by atoms with Crippen LogP contribution in [0.15, 0.2) is 36.4 Å². The molecular formula is C20H25ClN2O5S. The molecular weight excluding hydrogens is 416 g/mol. The molecule has 2 rings (SSSR count). The average Bonchev–Trinajstić information content (AvgIpc) is 2.67. The third-order valence-electron chi connectivity index (χ3n) is 4.41. The summed E-state index contributed by atoms with van der Waals surface area (Å²) < 4.78 is 36.4. The summed E-state index contributed by atoms with van der Waals surface area (Å²) in [6.45, 7) is 3.50. The van der Waals surface area contributed by atoms with Gasteiger partial charge in [-0.3, -0.25) is 9.10 Å². The third kappa shape index (κ3) is 5.55. The van der Waals surface area contributed by atoms with Crippen molar-refractivity contribution in [3.8, 4) is 11.5 Å². The SMILES string of the molecule is COc1ccc(CNC(=O)[C@@H](C)N(c2cc(Cl)ccc2C)S(C)(=O)=O)cc1OC. The molecule has 0 unspecified atom stereocenters. The minimum absolute atomic E-state index is 0.204. The van der Waals surface area contributed by atoms with E-state index < -0.39 is 22.0 Å². The van der Waals surface area contributed by atoms with E-state index in [-0.39, 0.29) is 6.54 Å². The van der Waals surface area contributed by atoms with Crippen LogP contribution >= 0.6 is 11.6 Å². The van der Waals surface area contributed by atoms with Gasteiger partial charge in [-0.2, -0.15) is 0 Å². The van der Waals surface area contributed by atoms with Crippen LogP contribution in [-0.2, 0) is 21.4 Å². The highest BCUT2D eigenvalue weighted by atomic mass is 35.5. The smallest absolute Gasteiger partial charge is 0.243 e. The van der Waals surface area contributed by atoms with Gasteiger partial charge in [-0.15, -0.1) is 0 Å². The minimum Gasteiger partial charge on any atom is -0.493 e. The van der Waals surface area contributed by atoms with E-state index in [0.717, 1.165) is 16.1 Å². The first-order chi connectivity index (χ1) is 13.6. The molecule has 158 valence electrons. The zero-order chi connectivity index (χ0) is 21.8. The second-order valence-corrected chi connectivity index (χ2v) is 8.87. The van der Waals surface area contributed by atoms with Crippen molar-refractivity contribution in [2.75, 3.05) is 24.8 Å². The van der Waals surface area contributed by atoms with E-state index in [1.54, 1.807) is 44.4 Å². The fourth-order valence-corrected chi connectivity index (χ4v) is 4.32. The van der Waals surface area contributed by atoms with Crippen LogP contribution in [0.4, 0.5) is 5.69 Å². The van der Waals surface area contributed by atoms with Gasteiger partial charge in [0.15, 0.2) is 11.5 Å². The molecule has 2 aromatic rings. The first-order valence-corrected chi connectivity index (χ1v) is 11.0. The van der Waals surface area contributed by atoms with E-state index in [1.165, 1.54) is 20.1 Å². The molecule has 0 heterocycles. The molecule has 0 aliphatic rings. The van der Waals surface area contributed by atoms with Gasteiger partial charge < -0.3 is 14.8 Å². The van der Waals surface area contributed by atoms with E-state index in [4.69, 9.17) is 21.1 Å². The number of rotatable bonds is 8. The maximum absolute atomic E-state index is 12.7. The molecule has 1 atom stereocenters. The Kier molecular flexibility index (Phi) is 7.37. The van der Waals surface area contributed by atoms with Crippen molar-refractivity contribution >= 4 is 33.2 Å². The number of aryl methyl sites for hydroxylation is 1. The Hall–Kier alpha value is -2.45. The van der Waals surface area contributed by atoms with Crippen molar-refractivity contribution < 1.29 is 22.7 Å². The molecule has 1 amide bonds. The fourth-order valence-electron chi connectivity index (χ4n) is 2.93. The van der Waals surface area contributed by atoms with Crippen LogP contribution in [-0.4, -0.2) is 40.8 Å². The number of benzene rings is 2. The molecule has 0 saturated carbocycles. The Morgan fingerprint density at radius 3 is 2.38 bits per heavy atom. The molecule has 1 N–H and O–H groups in total. The summed E-state index contributed by atoms with van der Waals surface area (Å²) >= 11 is 6.05. The Balaban J connectivity index is 2.23. The van der Waals surface area contributed by atoms with Crippen molar-refractivity contribution in [3.05, 3.63) is 52.5 Å². The predicted molar refractivity (Wildman–Crippen MR) is 114 cm³/mol. The van der Waals surface area contributed by atoms with Crippen LogP contribution in [0.1, 0.15) is 18.1 Å². The number of amides is 1. The maximum Gasteiger partial charge on any atom is 0.243 e. The highest BCUT2D eigenvalue weighted by molar-refractivity contribution is 7.92. The average molecular weight is 441 g/mol. The minimum atomic E-state index is -3.73. The molecule has 0 aromatic heterocycles. The van der Waals surface area contributed by atoms with Gasteiger partial charge in [0.2, 0.25) is 15.9 Å². The van der Waals surface area contributed by atoms with Crippen molar-refractivity contribution in [3.63, 3.8) is 0 Å². The van der Waals surface area contributed by atoms with E-state index >= 15 is 0 Å². The van der Waals surface area contributed by atoms with Crippen LogP contribution in [0.2, 0.25) is 5.02 Å². The molecule has 0 aliphatic carbocycles. The van der Waals surface area contributed by atoms with Gasteiger partial charge in [0, 0.05) is 11.6 Å². The van der Waals surface area contributed by atoms with Crippen LogP contribution < -0.4 is 19.1 Å². The topological polar surface area (TPSA) is 84.9 Å². The van der Waals surface area contributed by atoms with Gasteiger partial charge in [0.25, 0.3) is 0 Å². The molecule has 0 saturated heterocycles. The zero-order valence-corrected chi connectivity index (χ0v) is 18.6. The lowest BCUT2D eigenvalue weighted by Crippen LogP contribution is -2.48. The Morgan fingerprint density at radius 2 is 1.79 bits per heavy atom. The largest absolute Gasteiger partial charge is 0.493 e. The molecule has 7 nitrogen and oxygen atoms in total. The normalized spacial score (nSPS) is 12.2. The van der Waals surface area contributed by atoms with Gasteiger partial charge in [-0.1, -0.05) is 23.7 Å². The third-order valence-corrected chi connectivity index (χ3v) is 5.87. The number of anilines is 1. The molecule has 0 spiro atoms. The number of hydrogen-bond donors (Lipinski definition) is 1. The Bertz CT molecular complexity index is 994. The predicted octanol–water partition coefficient (Wildman–Crippen LogP) is 3.14. The first kappa shape index (κ1) is 22.8. The van der Waals surface area contributed by atoms with Gasteiger partial charge in [0.05, 0.1) is 26.2 Å². The molecule has 9 heteroatoms. The van der Waals surface area contributed by atoms with Crippen LogP contribution in [0.5, 0.6) is 11.5 Å². The summed E-state index contributed by atoms with van der Waals surface area (Å²) in [5.41, 5.74) is 1.85. The summed E-state index contributed by atoms with van der Waals surface area (Å²) in [6, 6.07) is 9.23. The number of nitrogens with zero attached hydrogens (tertiary/aromatic N) is 1. The summed E-state index contributed by atoms with van der Waals surface area (Å²) in [4.78, 5) is 12.7. The van der Waals surface area contributed by atoms with Crippen molar-refractivity contribution in [2.24, 2.45) is 0 Å². The van der Waals surface area contributed by atoms with Crippen LogP contribution in [0.25, 0.3) is 0 Å². The quantitative estimate of drug-likeness (QED) is 0.681. The number of carbonyl (C=O) groups is 1. The van der Waals surface area contributed by atoms with Crippen LogP contribution in [0, 0.1) is 6.92 Å². The lowest BCUT2D eigenvalue weighted by molar-refractivity contribution is -0.122. The Labute approximate surface area is 176 Å². The van der Waals surface area contributed by atoms with E-state index in [2.05, 4.69) is 5.32 Å². The highest BCUT2D eigenvalue weighted by Gasteiger charge is 2.30. The summed E-state index contributed by atoms with van der Waals surface area (Å²) in [7, 11) is -0.659. The molecule has 0 fully saturated rings. The number of halogens is 1. The molecule has 2 aromatic carbocycles. The lowest BCUT2D eigenvalue weighted by Gasteiger charge is -2.29. The van der Waals surface area contributed by atoms with Gasteiger partial charge in [-0.05, 0) is 49.2 Å². The number of ether oxygens (including phenoxy) is 2. The van der Waals surface area contributed by atoms with Crippen molar-refractivity contribution in [1.82, 2.24) is 5.32 Å². The number of nitrogens with one attached hydrogen (secondary N) is 1. The second-order valence-electron chi connectivity index (χ2n) is 6.57. The van der Waals surface area contributed by atoms with Gasteiger partial charge in [-0.25, -0.2) is 8.42 Å². The molecule has 0 aliphatic heterocycles. The highest BCUT2D eigenvalue weighted by Crippen LogP contribution is 2.29. The van der Waals surface area contributed by atoms with E-state index in [1.807, 2.05) is 0 Å². The monoisotopic (exact) mass is 440 g/mol. The lowest BCUT2D eigenvalue weighted by atomic mass is 10.1. The summed E-state index contributed by atoms with van der Waals surface area (Å²) in [6.07, 6.45) is 1.06. The molecule has 0 radical (unpaired) electrons. The standard InChI is InChI=1S/C20H25ClN2O5S/c1-13-6-8-16(21)11-17(13)23(29(5,25)26)14(2)20(24)22-12-15-7-9-18(27-3)19(10-15)28-4/h6-11,14H,12H2,1-5H3,(H,22,24)/t14-/m1/s1. The van der Waals surface area contributed by atoms with Crippen molar-refractivity contribution in [2.45, 2.75) is 26.4 Å². The number of sulfonamides is 1. The fraction of sp³-hybridized carbons (Fsp3) is 0.350. The van der Waals surface area contributed by atoms with E-state index in [0.29, 0.717) is 27.8 Å². The Morgan fingerprint density at radius 1 is 1.14 bits per heavy atom. The number of hydrogen-bond acceptors (Lipinski definition) is 5. The second kappa shape index (κ2) is 9.37. The number of carbonyl (C=O) groups excluding carboxylic acids is 1. The molecule has 0 bridgehead atoms. The zero-order valence-electron chi connectivity index (χ0n) is 17.0. The number of methoxy groups -OCH3 is 2. The maximum atomic E-state index is 12.7. The first-order valence-electron chi connectivity index (χ1n) is 8.82. The van der Waals surface area contributed by atoms with E-state index in [9.17, 15) is 13.2 Å². The molecule has 29 heavy (non-hydrogen) atoms. The van der Waals surface area contributed by atoms with Gasteiger partial charge >= 0.3 is 0 Å². The van der Waals surface area contributed by atoms with Crippen molar-refractivity contribution in [1.29, 1.82) is 0 Å². The summed E-state index contributed by atoms with van der Waals surface area (Å²) in [5.74, 6) is 0.680. The van der Waals surface area contributed by atoms with Crippen LogP contribution in [0.3, 0.4) is 0 Å². The van der Waals surface area contributed by atoms with Gasteiger partial charge in [0.1, 0.15) is 6.04 Å².